The minimum absolute atomic E-state index is 0.0765. The molecule has 35 heavy (non-hydrogen) atoms. The van der Waals surface area contributed by atoms with Gasteiger partial charge in [0, 0.05) is 30.0 Å². The van der Waals surface area contributed by atoms with Crippen LogP contribution in [-0.2, 0) is 11.2 Å². The van der Waals surface area contributed by atoms with Gasteiger partial charge in [0.2, 0.25) is 0 Å². The lowest BCUT2D eigenvalue weighted by molar-refractivity contribution is -0.161. The number of aromatic nitrogens is 1. The van der Waals surface area contributed by atoms with Crippen LogP contribution in [0.15, 0.2) is 42.6 Å². The van der Waals surface area contributed by atoms with Crippen LogP contribution in [0.5, 0.6) is 5.75 Å². The molecule has 1 saturated carbocycles. The molecule has 2 atom stereocenters. The molecule has 0 bridgehead atoms. The molecule has 11 heteroatoms. The summed E-state index contributed by atoms with van der Waals surface area (Å²) in [5, 5.41) is 20.6. The second-order valence-electron chi connectivity index (χ2n) is 8.82. The van der Waals surface area contributed by atoms with E-state index in [1.54, 1.807) is 0 Å². The molecular formula is C24H29F4N3O4. The van der Waals surface area contributed by atoms with E-state index in [9.17, 15) is 32.6 Å². The number of halogens is 4. The Morgan fingerprint density at radius 2 is 1.83 bits per heavy atom. The van der Waals surface area contributed by atoms with Gasteiger partial charge in [0.05, 0.1) is 6.04 Å². The maximum absolute atomic E-state index is 13.4. The number of pyridine rings is 1. The van der Waals surface area contributed by atoms with Gasteiger partial charge < -0.3 is 25.6 Å². The van der Waals surface area contributed by atoms with Crippen molar-refractivity contribution in [2.45, 2.75) is 62.4 Å². The van der Waals surface area contributed by atoms with Gasteiger partial charge in [-0.05, 0) is 49.2 Å². The third-order valence-electron chi connectivity index (χ3n) is 6.17. The number of rotatable bonds is 10. The molecule has 3 rings (SSSR count). The van der Waals surface area contributed by atoms with Crippen LogP contribution in [0.4, 0.5) is 23.2 Å². The number of nitrogens with two attached hydrogens (primary N) is 1. The molecule has 0 spiro atoms. The lowest BCUT2D eigenvalue weighted by Crippen LogP contribution is -2.58. The van der Waals surface area contributed by atoms with Gasteiger partial charge in [-0.3, -0.25) is 4.98 Å². The standard InChI is InChI=1S/C24H29F4N3O4/c25-16-6-8-20(9-7-16)35-14-21(29)23(34,22(32)33)13-17-12-19(10-11-30-17)31(15-24(26,27)28)18-4-2-1-3-5-18/h6-12,18,21,34H,1-5,13-15,29H2,(H,32,33)/t21-,23+/m0/s1. The molecule has 0 aliphatic heterocycles. The average molecular weight is 500 g/mol. The Morgan fingerprint density at radius 1 is 1.17 bits per heavy atom. The maximum atomic E-state index is 13.4. The van der Waals surface area contributed by atoms with Crippen molar-refractivity contribution in [3.8, 4) is 5.75 Å². The molecule has 1 heterocycles. The first kappa shape index (κ1) is 26.7. The highest BCUT2D eigenvalue weighted by molar-refractivity contribution is 5.78. The number of benzene rings is 1. The quantitative estimate of drug-likeness (QED) is 0.428. The Kier molecular flexibility index (Phi) is 8.55. The number of ether oxygens (including phenoxy) is 1. The van der Waals surface area contributed by atoms with Gasteiger partial charge in [0.1, 0.15) is 24.7 Å². The Hall–Kier alpha value is -2.92. The number of carboxylic acids is 1. The topological polar surface area (TPSA) is 109 Å². The fraction of sp³-hybridized carbons (Fsp3) is 0.500. The predicted molar refractivity (Wildman–Crippen MR) is 121 cm³/mol. The van der Waals surface area contributed by atoms with E-state index >= 15 is 0 Å². The number of alkyl halides is 3. The third kappa shape index (κ3) is 7.28. The van der Waals surface area contributed by atoms with Crippen molar-refractivity contribution in [1.82, 2.24) is 4.98 Å². The summed E-state index contributed by atoms with van der Waals surface area (Å²) in [5.74, 6) is -1.88. The van der Waals surface area contributed by atoms with Gasteiger partial charge in [-0.2, -0.15) is 13.2 Å². The zero-order valence-corrected chi connectivity index (χ0v) is 19.0. The summed E-state index contributed by atoms with van der Waals surface area (Å²) in [7, 11) is 0. The lowest BCUT2D eigenvalue weighted by atomic mass is 9.89. The van der Waals surface area contributed by atoms with Gasteiger partial charge in [-0.1, -0.05) is 19.3 Å². The summed E-state index contributed by atoms with van der Waals surface area (Å²) in [5.41, 5.74) is 3.78. The number of nitrogens with zero attached hydrogens (tertiary/aromatic N) is 2. The first-order valence-electron chi connectivity index (χ1n) is 11.4. The van der Waals surface area contributed by atoms with E-state index in [0.717, 1.165) is 31.4 Å². The highest BCUT2D eigenvalue weighted by Gasteiger charge is 2.44. The molecule has 1 aromatic heterocycles. The molecule has 192 valence electrons. The largest absolute Gasteiger partial charge is 0.492 e. The minimum Gasteiger partial charge on any atom is -0.492 e. The van der Waals surface area contributed by atoms with Crippen LogP contribution in [0.25, 0.3) is 0 Å². The van der Waals surface area contributed by atoms with Crippen LogP contribution in [0.3, 0.4) is 0 Å². The van der Waals surface area contributed by atoms with E-state index in [1.165, 1.54) is 35.4 Å². The first-order chi connectivity index (χ1) is 16.5. The van der Waals surface area contributed by atoms with Crippen molar-refractivity contribution in [2.24, 2.45) is 5.73 Å². The first-order valence-corrected chi connectivity index (χ1v) is 11.4. The molecule has 0 amide bonds. The summed E-state index contributed by atoms with van der Waals surface area (Å²) in [6.45, 7) is -1.55. The van der Waals surface area contributed by atoms with Crippen LogP contribution >= 0.6 is 0 Å². The van der Waals surface area contributed by atoms with E-state index < -0.39 is 49.2 Å². The fourth-order valence-electron chi connectivity index (χ4n) is 4.25. The summed E-state index contributed by atoms with van der Waals surface area (Å²) >= 11 is 0. The van der Waals surface area contributed by atoms with Crippen LogP contribution < -0.4 is 15.4 Å². The van der Waals surface area contributed by atoms with Crippen molar-refractivity contribution in [3.63, 3.8) is 0 Å². The molecule has 1 aliphatic rings. The van der Waals surface area contributed by atoms with Gasteiger partial charge in [0.15, 0.2) is 5.60 Å². The Balaban J connectivity index is 1.79. The van der Waals surface area contributed by atoms with Crippen LogP contribution in [-0.4, -0.2) is 58.2 Å². The Bertz CT molecular complexity index is 983. The molecule has 0 unspecified atom stereocenters. The summed E-state index contributed by atoms with van der Waals surface area (Å²) in [4.78, 5) is 17.3. The van der Waals surface area contributed by atoms with E-state index in [4.69, 9.17) is 10.5 Å². The zero-order chi connectivity index (χ0) is 25.6. The van der Waals surface area contributed by atoms with Gasteiger partial charge in [0.25, 0.3) is 0 Å². The number of hydrogen-bond acceptors (Lipinski definition) is 6. The molecule has 1 aliphatic carbocycles. The Morgan fingerprint density at radius 3 is 2.43 bits per heavy atom. The van der Waals surface area contributed by atoms with Gasteiger partial charge in [-0.15, -0.1) is 0 Å². The molecular weight excluding hydrogens is 470 g/mol. The van der Waals surface area contributed by atoms with Crippen LogP contribution in [0.2, 0.25) is 0 Å². The molecule has 2 aromatic rings. The second kappa shape index (κ2) is 11.2. The number of aliphatic hydroxyl groups is 1. The molecule has 0 saturated heterocycles. The molecule has 1 fully saturated rings. The van der Waals surface area contributed by atoms with Crippen molar-refractivity contribution in [3.05, 3.63) is 54.1 Å². The van der Waals surface area contributed by atoms with E-state index in [2.05, 4.69) is 4.98 Å². The van der Waals surface area contributed by atoms with E-state index in [1.807, 2.05) is 0 Å². The second-order valence-corrected chi connectivity index (χ2v) is 8.82. The van der Waals surface area contributed by atoms with Crippen LogP contribution in [0, 0.1) is 5.82 Å². The molecule has 7 nitrogen and oxygen atoms in total. The minimum atomic E-state index is -4.43. The number of anilines is 1. The highest BCUT2D eigenvalue weighted by Crippen LogP contribution is 2.31. The van der Waals surface area contributed by atoms with E-state index in [-0.39, 0.29) is 23.2 Å². The predicted octanol–water partition coefficient (Wildman–Crippen LogP) is 3.69. The number of aliphatic carboxylic acids is 1. The smallest absolute Gasteiger partial charge is 0.405 e. The van der Waals surface area contributed by atoms with Crippen molar-refractivity contribution >= 4 is 11.7 Å². The number of carbonyl (C=O) groups is 1. The molecule has 1 aromatic carbocycles. The monoisotopic (exact) mass is 499 g/mol. The highest BCUT2D eigenvalue weighted by atomic mass is 19.4. The zero-order valence-electron chi connectivity index (χ0n) is 19.0. The summed E-state index contributed by atoms with van der Waals surface area (Å²) in [6.07, 6.45) is 0.201. The summed E-state index contributed by atoms with van der Waals surface area (Å²) < 4.78 is 58.5. The van der Waals surface area contributed by atoms with Crippen LogP contribution in [0.1, 0.15) is 37.8 Å². The van der Waals surface area contributed by atoms with E-state index in [0.29, 0.717) is 12.8 Å². The third-order valence-corrected chi connectivity index (χ3v) is 6.17. The maximum Gasteiger partial charge on any atom is 0.405 e. The van der Waals surface area contributed by atoms with Gasteiger partial charge >= 0.3 is 12.1 Å². The molecule has 0 radical (unpaired) electrons. The fourth-order valence-corrected chi connectivity index (χ4v) is 4.25. The van der Waals surface area contributed by atoms with Crippen molar-refractivity contribution in [1.29, 1.82) is 0 Å². The molecule has 4 N–H and O–H groups in total. The van der Waals surface area contributed by atoms with Gasteiger partial charge in [-0.25, -0.2) is 9.18 Å². The average Bonchev–Trinajstić information content (AvgIpc) is 2.82. The Labute approximate surface area is 200 Å². The van der Waals surface area contributed by atoms with Crippen molar-refractivity contribution in [2.75, 3.05) is 18.1 Å². The van der Waals surface area contributed by atoms with Crippen molar-refractivity contribution < 1.29 is 37.3 Å². The summed E-state index contributed by atoms with van der Waals surface area (Å²) in [6, 6.07) is 6.05. The normalized spacial score (nSPS) is 17.4. The SMILES string of the molecule is N[C@@H](COc1ccc(F)cc1)[C@](O)(Cc1cc(N(CC(F)(F)F)C2CCCCC2)ccn1)C(=O)O. The number of carboxylic acid groups (broad SMARTS) is 1. The lowest BCUT2D eigenvalue weighted by Gasteiger charge is -2.37. The number of hydrogen-bond donors (Lipinski definition) is 3.